The predicted octanol–water partition coefficient (Wildman–Crippen LogP) is 2.15. The average molecular weight is 294 g/mol. The quantitative estimate of drug-likeness (QED) is 0.886. The molecule has 6 heteroatoms. The first kappa shape index (κ1) is 13.4. The molecule has 2 aromatic rings. The Hall–Kier alpha value is -1.59. The Morgan fingerprint density at radius 3 is 2.70 bits per heavy atom. The van der Waals surface area contributed by atoms with Crippen LogP contribution in [0.15, 0.2) is 36.9 Å². The SMILES string of the molecule is OC(COc1ccc(Cl)cc1)(Cn1cncn1)C1CC1. The number of aromatic nitrogens is 3. The Morgan fingerprint density at radius 2 is 2.10 bits per heavy atom. The summed E-state index contributed by atoms with van der Waals surface area (Å²) < 4.78 is 7.35. The van der Waals surface area contributed by atoms with Crippen LogP contribution in [-0.4, -0.2) is 32.1 Å². The molecule has 1 aliphatic carbocycles. The van der Waals surface area contributed by atoms with Gasteiger partial charge in [-0.05, 0) is 43.0 Å². The Kier molecular flexibility index (Phi) is 3.63. The number of benzene rings is 1. The highest BCUT2D eigenvalue weighted by atomic mass is 35.5. The lowest BCUT2D eigenvalue weighted by molar-refractivity contribution is -0.0404. The summed E-state index contributed by atoms with van der Waals surface area (Å²) in [5.74, 6) is 0.964. The van der Waals surface area contributed by atoms with Crippen LogP contribution in [0.5, 0.6) is 5.75 Å². The molecule has 1 heterocycles. The van der Waals surface area contributed by atoms with Gasteiger partial charge in [-0.3, -0.25) is 0 Å². The number of rotatable bonds is 6. The van der Waals surface area contributed by atoms with Gasteiger partial charge in [0.15, 0.2) is 0 Å². The number of aliphatic hydroxyl groups is 1. The van der Waals surface area contributed by atoms with Crippen molar-refractivity contribution in [3.8, 4) is 5.75 Å². The third-order valence-electron chi connectivity index (χ3n) is 3.54. The lowest BCUT2D eigenvalue weighted by Gasteiger charge is -2.27. The zero-order valence-corrected chi connectivity index (χ0v) is 11.7. The van der Waals surface area contributed by atoms with E-state index in [0.29, 0.717) is 17.3 Å². The molecule has 0 saturated heterocycles. The van der Waals surface area contributed by atoms with Crippen LogP contribution in [0.4, 0.5) is 0 Å². The van der Waals surface area contributed by atoms with E-state index in [1.54, 1.807) is 35.3 Å². The van der Waals surface area contributed by atoms with Gasteiger partial charge < -0.3 is 9.84 Å². The fraction of sp³-hybridized carbons (Fsp3) is 0.429. The van der Waals surface area contributed by atoms with E-state index in [1.165, 1.54) is 6.33 Å². The molecular weight excluding hydrogens is 278 g/mol. The molecule has 1 aliphatic rings. The molecule has 1 aromatic carbocycles. The second kappa shape index (κ2) is 5.42. The van der Waals surface area contributed by atoms with E-state index in [4.69, 9.17) is 16.3 Å². The molecule has 1 saturated carbocycles. The van der Waals surface area contributed by atoms with Crippen LogP contribution in [0.25, 0.3) is 0 Å². The molecule has 0 radical (unpaired) electrons. The van der Waals surface area contributed by atoms with Gasteiger partial charge in [0.05, 0.1) is 6.54 Å². The van der Waals surface area contributed by atoms with Crippen LogP contribution in [0, 0.1) is 5.92 Å². The number of hydrogen-bond donors (Lipinski definition) is 1. The van der Waals surface area contributed by atoms with Crippen molar-refractivity contribution in [1.82, 2.24) is 14.8 Å². The molecule has 5 nitrogen and oxygen atoms in total. The monoisotopic (exact) mass is 293 g/mol. The molecule has 1 fully saturated rings. The van der Waals surface area contributed by atoms with Crippen molar-refractivity contribution in [2.24, 2.45) is 5.92 Å². The van der Waals surface area contributed by atoms with Gasteiger partial charge in [0, 0.05) is 5.02 Å². The van der Waals surface area contributed by atoms with E-state index in [9.17, 15) is 5.11 Å². The summed E-state index contributed by atoms with van der Waals surface area (Å²) in [5, 5.41) is 15.5. The fourth-order valence-corrected chi connectivity index (χ4v) is 2.37. The summed E-state index contributed by atoms with van der Waals surface area (Å²) >= 11 is 5.83. The van der Waals surface area contributed by atoms with Crippen molar-refractivity contribution in [2.75, 3.05) is 6.61 Å². The molecule has 1 N–H and O–H groups in total. The van der Waals surface area contributed by atoms with Crippen molar-refractivity contribution in [2.45, 2.75) is 25.0 Å². The summed E-state index contributed by atoms with van der Waals surface area (Å²) in [5.41, 5.74) is -0.909. The van der Waals surface area contributed by atoms with Crippen molar-refractivity contribution < 1.29 is 9.84 Å². The van der Waals surface area contributed by atoms with Gasteiger partial charge in [-0.2, -0.15) is 5.10 Å². The minimum atomic E-state index is -0.909. The van der Waals surface area contributed by atoms with E-state index in [0.717, 1.165) is 12.8 Å². The van der Waals surface area contributed by atoms with Gasteiger partial charge in [0.1, 0.15) is 30.6 Å². The summed E-state index contributed by atoms with van der Waals surface area (Å²) in [7, 11) is 0. The average Bonchev–Trinajstić information content (AvgIpc) is 3.19. The van der Waals surface area contributed by atoms with Gasteiger partial charge in [-0.1, -0.05) is 11.6 Å². The maximum atomic E-state index is 10.8. The zero-order chi connectivity index (χ0) is 14.0. The van der Waals surface area contributed by atoms with Gasteiger partial charge in [0.2, 0.25) is 0 Å². The topological polar surface area (TPSA) is 60.2 Å². The van der Waals surface area contributed by atoms with Crippen molar-refractivity contribution >= 4 is 11.6 Å². The molecule has 0 spiro atoms. The second-order valence-electron chi connectivity index (χ2n) is 5.21. The zero-order valence-electron chi connectivity index (χ0n) is 10.9. The molecule has 20 heavy (non-hydrogen) atoms. The van der Waals surface area contributed by atoms with Gasteiger partial charge >= 0.3 is 0 Å². The molecule has 106 valence electrons. The molecule has 1 atom stereocenters. The van der Waals surface area contributed by atoms with E-state index < -0.39 is 5.60 Å². The first-order chi connectivity index (χ1) is 9.66. The van der Waals surface area contributed by atoms with E-state index in [-0.39, 0.29) is 12.5 Å². The number of nitrogens with zero attached hydrogens (tertiary/aromatic N) is 3. The summed E-state index contributed by atoms with van der Waals surface area (Å²) in [6.45, 7) is 0.629. The Balaban J connectivity index is 1.66. The Labute approximate surface area is 122 Å². The largest absolute Gasteiger partial charge is 0.491 e. The summed E-state index contributed by atoms with van der Waals surface area (Å²) in [6, 6.07) is 7.13. The van der Waals surface area contributed by atoms with E-state index in [1.807, 2.05) is 0 Å². The maximum absolute atomic E-state index is 10.8. The van der Waals surface area contributed by atoms with Gasteiger partial charge in [-0.15, -0.1) is 0 Å². The van der Waals surface area contributed by atoms with Crippen LogP contribution >= 0.6 is 11.6 Å². The standard InChI is InChI=1S/C14H16ClN3O2/c15-12-3-5-13(6-4-12)20-8-14(19,11-1-2-11)7-18-10-16-9-17-18/h3-6,9-11,19H,1-2,7-8H2. The van der Waals surface area contributed by atoms with Gasteiger partial charge in [-0.25, -0.2) is 9.67 Å². The molecule has 1 unspecified atom stereocenters. The van der Waals surface area contributed by atoms with Crippen LogP contribution < -0.4 is 4.74 Å². The van der Waals surface area contributed by atoms with Crippen LogP contribution in [0.3, 0.4) is 0 Å². The fourth-order valence-electron chi connectivity index (χ4n) is 2.25. The highest BCUT2D eigenvalue weighted by Gasteiger charge is 2.45. The Bertz CT molecular complexity index is 554. The highest BCUT2D eigenvalue weighted by molar-refractivity contribution is 6.30. The van der Waals surface area contributed by atoms with Crippen molar-refractivity contribution in [3.05, 3.63) is 41.9 Å². The predicted molar refractivity (Wildman–Crippen MR) is 74.6 cm³/mol. The first-order valence-corrected chi connectivity index (χ1v) is 6.97. The van der Waals surface area contributed by atoms with Crippen molar-refractivity contribution in [3.63, 3.8) is 0 Å². The second-order valence-corrected chi connectivity index (χ2v) is 5.65. The molecule has 0 amide bonds. The molecular formula is C14H16ClN3O2. The normalized spacial score (nSPS) is 17.7. The van der Waals surface area contributed by atoms with Crippen molar-refractivity contribution in [1.29, 1.82) is 0 Å². The molecule has 1 aromatic heterocycles. The first-order valence-electron chi connectivity index (χ1n) is 6.59. The van der Waals surface area contributed by atoms with Gasteiger partial charge in [0.25, 0.3) is 0 Å². The molecule has 3 rings (SSSR count). The van der Waals surface area contributed by atoms with Crippen LogP contribution in [-0.2, 0) is 6.54 Å². The van der Waals surface area contributed by atoms with Crippen LogP contribution in [0.1, 0.15) is 12.8 Å². The number of ether oxygens (including phenoxy) is 1. The lowest BCUT2D eigenvalue weighted by Crippen LogP contribution is -2.43. The van der Waals surface area contributed by atoms with E-state index in [2.05, 4.69) is 10.1 Å². The lowest BCUT2D eigenvalue weighted by atomic mass is 9.99. The van der Waals surface area contributed by atoms with E-state index >= 15 is 0 Å². The minimum absolute atomic E-state index is 0.235. The molecule has 0 aliphatic heterocycles. The van der Waals surface area contributed by atoms with Crippen LogP contribution in [0.2, 0.25) is 5.02 Å². The smallest absolute Gasteiger partial charge is 0.137 e. The number of halogens is 1. The highest BCUT2D eigenvalue weighted by Crippen LogP contribution is 2.40. The maximum Gasteiger partial charge on any atom is 0.137 e. The number of hydrogen-bond acceptors (Lipinski definition) is 4. The third-order valence-corrected chi connectivity index (χ3v) is 3.79. The summed E-state index contributed by atoms with van der Waals surface area (Å²) in [4.78, 5) is 3.90. The Morgan fingerprint density at radius 1 is 1.35 bits per heavy atom. The minimum Gasteiger partial charge on any atom is -0.491 e. The summed E-state index contributed by atoms with van der Waals surface area (Å²) in [6.07, 6.45) is 5.12. The third kappa shape index (κ3) is 3.11. The molecule has 0 bridgehead atoms.